The van der Waals surface area contributed by atoms with Crippen LogP contribution in [0.2, 0.25) is 0 Å². The Bertz CT molecular complexity index is 860. The van der Waals surface area contributed by atoms with Crippen LogP contribution in [0.5, 0.6) is 5.75 Å². The third-order valence-corrected chi connectivity index (χ3v) is 4.55. The highest BCUT2D eigenvalue weighted by molar-refractivity contribution is 5.61. The quantitative estimate of drug-likeness (QED) is 0.773. The molecule has 0 saturated carbocycles. The predicted octanol–water partition coefficient (Wildman–Crippen LogP) is 2.73. The van der Waals surface area contributed by atoms with Crippen molar-refractivity contribution in [1.82, 2.24) is 15.1 Å². The topological polar surface area (TPSA) is 90.3 Å². The molecule has 0 spiro atoms. The fourth-order valence-corrected chi connectivity index (χ4v) is 3.12. The van der Waals surface area contributed by atoms with Gasteiger partial charge >= 0.3 is 0 Å². The molecular formula is C19H21N5O2. The minimum Gasteiger partial charge on any atom is -0.497 e. The molecule has 1 unspecified atom stereocenters. The van der Waals surface area contributed by atoms with E-state index >= 15 is 0 Å². The molecule has 1 aliphatic heterocycles. The Kier molecular flexibility index (Phi) is 4.53. The second-order valence-corrected chi connectivity index (χ2v) is 6.41. The first-order chi connectivity index (χ1) is 12.7. The van der Waals surface area contributed by atoms with Gasteiger partial charge in [0.1, 0.15) is 11.6 Å². The molecule has 7 heteroatoms. The van der Waals surface area contributed by atoms with Gasteiger partial charge in [-0.05, 0) is 49.2 Å². The first-order valence-corrected chi connectivity index (χ1v) is 8.68. The first kappa shape index (κ1) is 16.5. The van der Waals surface area contributed by atoms with Gasteiger partial charge in [-0.15, -0.1) is 0 Å². The molecule has 1 saturated heterocycles. The number of ether oxygens (including phenoxy) is 1. The highest BCUT2D eigenvalue weighted by Gasteiger charge is 2.18. The van der Waals surface area contributed by atoms with Crippen LogP contribution >= 0.6 is 0 Å². The minimum absolute atomic E-state index is 0.216. The summed E-state index contributed by atoms with van der Waals surface area (Å²) in [5, 5.41) is 4.06. The molecule has 0 amide bonds. The lowest BCUT2D eigenvalue weighted by atomic mass is 10.1. The molecule has 1 fully saturated rings. The van der Waals surface area contributed by atoms with Crippen LogP contribution in [0, 0.1) is 0 Å². The van der Waals surface area contributed by atoms with E-state index in [2.05, 4.69) is 20.0 Å². The number of piperidine rings is 1. The molecule has 3 heterocycles. The molecular weight excluding hydrogens is 330 g/mol. The molecule has 134 valence electrons. The molecule has 0 radical (unpaired) electrons. The smallest absolute Gasteiger partial charge is 0.259 e. The Morgan fingerprint density at radius 3 is 2.65 bits per heavy atom. The van der Waals surface area contributed by atoms with E-state index in [1.165, 1.54) is 0 Å². The Labute approximate surface area is 151 Å². The lowest BCUT2D eigenvalue weighted by Gasteiger charge is -2.31. The summed E-state index contributed by atoms with van der Waals surface area (Å²) in [5.74, 6) is 2.70. The normalized spacial score (nSPS) is 17.3. The number of nitrogens with two attached hydrogens (primary N) is 1. The Morgan fingerprint density at radius 2 is 1.96 bits per heavy atom. The van der Waals surface area contributed by atoms with E-state index in [1.807, 2.05) is 36.4 Å². The summed E-state index contributed by atoms with van der Waals surface area (Å²) in [6, 6.07) is 11.7. The molecule has 26 heavy (non-hydrogen) atoms. The number of methoxy groups -OCH3 is 1. The van der Waals surface area contributed by atoms with Crippen molar-refractivity contribution in [3.8, 4) is 28.6 Å². The van der Waals surface area contributed by atoms with Gasteiger partial charge in [0.2, 0.25) is 5.82 Å². The zero-order valence-corrected chi connectivity index (χ0v) is 14.6. The number of anilines is 1. The standard InChI is InChI=1S/C19H21N5O2/c1-25-16-7-4-13(5-8-16)18-22-19(26-23-18)14-6-9-17(21-11-14)24-10-2-3-15(20)12-24/h4-9,11,15H,2-3,10,12,20H2,1H3. The summed E-state index contributed by atoms with van der Waals surface area (Å²) < 4.78 is 10.6. The average molecular weight is 351 g/mol. The number of pyridine rings is 1. The summed E-state index contributed by atoms with van der Waals surface area (Å²) in [7, 11) is 1.63. The highest BCUT2D eigenvalue weighted by atomic mass is 16.5. The number of hydrogen-bond acceptors (Lipinski definition) is 7. The Morgan fingerprint density at radius 1 is 1.15 bits per heavy atom. The molecule has 1 atom stereocenters. The summed E-state index contributed by atoms with van der Waals surface area (Å²) in [4.78, 5) is 11.2. The number of aromatic nitrogens is 3. The third-order valence-electron chi connectivity index (χ3n) is 4.55. The monoisotopic (exact) mass is 351 g/mol. The van der Waals surface area contributed by atoms with Gasteiger partial charge in [0.05, 0.1) is 12.7 Å². The van der Waals surface area contributed by atoms with Gasteiger partial charge < -0.3 is 19.9 Å². The van der Waals surface area contributed by atoms with Crippen LogP contribution in [0.4, 0.5) is 5.82 Å². The fourth-order valence-electron chi connectivity index (χ4n) is 3.12. The van der Waals surface area contributed by atoms with E-state index in [0.717, 1.165) is 48.6 Å². The van der Waals surface area contributed by atoms with Crippen molar-refractivity contribution in [2.45, 2.75) is 18.9 Å². The lowest BCUT2D eigenvalue weighted by molar-refractivity contribution is 0.415. The molecule has 2 N–H and O–H groups in total. The molecule has 7 nitrogen and oxygen atoms in total. The van der Waals surface area contributed by atoms with Gasteiger partial charge in [-0.3, -0.25) is 0 Å². The number of rotatable bonds is 4. The van der Waals surface area contributed by atoms with Gasteiger partial charge in [-0.1, -0.05) is 5.16 Å². The molecule has 0 aliphatic carbocycles. The third kappa shape index (κ3) is 3.39. The summed E-state index contributed by atoms with van der Waals surface area (Å²) in [5.41, 5.74) is 7.71. The summed E-state index contributed by atoms with van der Waals surface area (Å²) in [6.45, 7) is 1.83. The van der Waals surface area contributed by atoms with Crippen molar-refractivity contribution in [3.05, 3.63) is 42.6 Å². The van der Waals surface area contributed by atoms with Crippen molar-refractivity contribution in [1.29, 1.82) is 0 Å². The molecule has 2 aromatic heterocycles. The van der Waals surface area contributed by atoms with E-state index in [1.54, 1.807) is 13.3 Å². The minimum atomic E-state index is 0.216. The zero-order valence-electron chi connectivity index (χ0n) is 14.6. The molecule has 1 aliphatic rings. The van der Waals surface area contributed by atoms with Crippen LogP contribution in [0.25, 0.3) is 22.8 Å². The van der Waals surface area contributed by atoms with Crippen molar-refractivity contribution < 1.29 is 9.26 Å². The van der Waals surface area contributed by atoms with Crippen LogP contribution < -0.4 is 15.4 Å². The SMILES string of the molecule is COc1ccc(-c2noc(-c3ccc(N4CCCC(N)C4)nc3)n2)cc1. The van der Waals surface area contributed by atoms with Gasteiger partial charge in [0, 0.05) is 30.9 Å². The van der Waals surface area contributed by atoms with Gasteiger partial charge in [0.15, 0.2) is 0 Å². The second kappa shape index (κ2) is 7.13. The van der Waals surface area contributed by atoms with Crippen molar-refractivity contribution in [2.75, 3.05) is 25.1 Å². The Hall–Kier alpha value is -2.93. The fraction of sp³-hybridized carbons (Fsp3) is 0.316. The lowest BCUT2D eigenvalue weighted by Crippen LogP contribution is -2.43. The van der Waals surface area contributed by atoms with Crippen LogP contribution in [0.3, 0.4) is 0 Å². The molecule has 1 aromatic carbocycles. The van der Waals surface area contributed by atoms with E-state index in [0.29, 0.717) is 11.7 Å². The maximum Gasteiger partial charge on any atom is 0.259 e. The van der Waals surface area contributed by atoms with E-state index < -0.39 is 0 Å². The van der Waals surface area contributed by atoms with Crippen molar-refractivity contribution in [3.63, 3.8) is 0 Å². The van der Waals surface area contributed by atoms with Crippen LogP contribution in [0.15, 0.2) is 47.1 Å². The maximum atomic E-state index is 6.05. The average Bonchev–Trinajstić information content (AvgIpc) is 3.18. The van der Waals surface area contributed by atoms with Gasteiger partial charge in [0.25, 0.3) is 5.89 Å². The first-order valence-electron chi connectivity index (χ1n) is 8.68. The van der Waals surface area contributed by atoms with Gasteiger partial charge in [-0.2, -0.15) is 4.98 Å². The zero-order chi connectivity index (χ0) is 17.9. The summed E-state index contributed by atoms with van der Waals surface area (Å²) in [6.07, 6.45) is 3.94. The van der Waals surface area contributed by atoms with Crippen molar-refractivity contribution in [2.24, 2.45) is 5.73 Å². The summed E-state index contributed by atoms with van der Waals surface area (Å²) >= 11 is 0. The largest absolute Gasteiger partial charge is 0.497 e. The van der Waals surface area contributed by atoms with E-state index in [4.69, 9.17) is 15.0 Å². The van der Waals surface area contributed by atoms with Crippen LogP contribution in [-0.2, 0) is 0 Å². The van der Waals surface area contributed by atoms with E-state index in [9.17, 15) is 0 Å². The molecule has 4 rings (SSSR count). The Balaban J connectivity index is 1.52. The van der Waals surface area contributed by atoms with Crippen LogP contribution in [-0.4, -0.2) is 41.4 Å². The highest BCUT2D eigenvalue weighted by Crippen LogP contribution is 2.25. The number of hydrogen-bond donors (Lipinski definition) is 1. The molecule has 0 bridgehead atoms. The number of benzene rings is 1. The number of nitrogens with zero attached hydrogens (tertiary/aromatic N) is 4. The second-order valence-electron chi connectivity index (χ2n) is 6.41. The maximum absolute atomic E-state index is 6.05. The predicted molar refractivity (Wildman–Crippen MR) is 98.9 cm³/mol. The van der Waals surface area contributed by atoms with E-state index in [-0.39, 0.29) is 6.04 Å². The van der Waals surface area contributed by atoms with Crippen molar-refractivity contribution >= 4 is 5.82 Å². The molecule has 3 aromatic rings. The van der Waals surface area contributed by atoms with Gasteiger partial charge in [-0.25, -0.2) is 4.98 Å². The van der Waals surface area contributed by atoms with Crippen LogP contribution in [0.1, 0.15) is 12.8 Å².